The van der Waals surface area contributed by atoms with Gasteiger partial charge in [0.25, 0.3) is 0 Å². The molecule has 2 aliphatic carbocycles. The predicted molar refractivity (Wildman–Crippen MR) is 182 cm³/mol. The summed E-state index contributed by atoms with van der Waals surface area (Å²) < 4.78 is 0. The Morgan fingerprint density at radius 1 is 0.476 bits per heavy atom. The molecule has 0 amide bonds. The fourth-order valence-electron chi connectivity index (χ4n) is 7.25. The Labute approximate surface area is 247 Å². The molecule has 8 rings (SSSR count). The number of fused-ring (bicyclic) bond motifs is 3. The van der Waals surface area contributed by atoms with Crippen molar-refractivity contribution in [3.8, 4) is 22.3 Å². The first-order valence-corrected chi connectivity index (χ1v) is 15.1. The van der Waals surface area contributed by atoms with Gasteiger partial charge in [0.1, 0.15) is 0 Å². The van der Waals surface area contributed by atoms with E-state index in [2.05, 4.69) is 152 Å². The van der Waals surface area contributed by atoms with E-state index in [1.807, 2.05) is 0 Å². The van der Waals surface area contributed by atoms with Gasteiger partial charge in [0.15, 0.2) is 0 Å². The quantitative estimate of drug-likeness (QED) is 0.197. The predicted octanol–water partition coefficient (Wildman–Crippen LogP) is 11.8. The molecule has 42 heavy (non-hydrogen) atoms. The molecular weight excluding hydrogens is 504 g/mol. The van der Waals surface area contributed by atoms with Crippen LogP contribution >= 0.6 is 0 Å². The number of allylic oxidation sites excluding steroid dienone is 8. The minimum atomic E-state index is 0.295. The maximum atomic E-state index is 2.46. The molecule has 0 saturated heterocycles. The standard InChI is InChI=1S/C42H32/c1-5-17-29(18-6-1)37-33-25-13-14-26-34(33)39(31-21-9-3-10-22-31)42-40(32-23-11-4-12-24-32)36-28-16-15-27-35(36)38(41(37)42)30-19-7-2-8-20-30/h1-3,5-11,13-21,23-28,31H,4,12,22H2. The van der Waals surface area contributed by atoms with Gasteiger partial charge in [-0.25, -0.2) is 0 Å². The second kappa shape index (κ2) is 10.5. The second-order valence-corrected chi connectivity index (χ2v) is 11.4. The van der Waals surface area contributed by atoms with E-state index in [-0.39, 0.29) is 0 Å². The first-order chi connectivity index (χ1) is 20.9. The molecule has 1 unspecified atom stereocenters. The smallest absolute Gasteiger partial charge is 0.00682 e. The average Bonchev–Trinajstić information content (AvgIpc) is 3.07. The number of rotatable bonds is 4. The van der Waals surface area contributed by atoms with Crippen molar-refractivity contribution in [1.82, 2.24) is 0 Å². The highest BCUT2D eigenvalue weighted by atomic mass is 14.3. The van der Waals surface area contributed by atoms with Crippen molar-refractivity contribution >= 4 is 37.9 Å². The third-order valence-electron chi connectivity index (χ3n) is 8.98. The van der Waals surface area contributed by atoms with Crippen LogP contribution in [0.5, 0.6) is 0 Å². The van der Waals surface area contributed by atoms with Crippen molar-refractivity contribution in [3.05, 3.63) is 163 Å². The van der Waals surface area contributed by atoms with E-state index >= 15 is 0 Å². The second-order valence-electron chi connectivity index (χ2n) is 11.4. The minimum absolute atomic E-state index is 0.295. The molecule has 0 heteroatoms. The summed E-state index contributed by atoms with van der Waals surface area (Å²) in [6.07, 6.45) is 19.5. The Balaban J connectivity index is 1.72. The summed E-state index contributed by atoms with van der Waals surface area (Å²) in [5.41, 5.74) is 9.33. The Morgan fingerprint density at radius 2 is 1.05 bits per heavy atom. The first kappa shape index (κ1) is 24.8. The molecule has 0 radical (unpaired) electrons. The van der Waals surface area contributed by atoms with Crippen LogP contribution in [0.3, 0.4) is 0 Å². The van der Waals surface area contributed by atoms with E-state index in [0.29, 0.717) is 5.92 Å². The Kier molecular flexibility index (Phi) is 6.19. The van der Waals surface area contributed by atoms with E-state index in [1.165, 1.54) is 71.3 Å². The lowest BCUT2D eigenvalue weighted by Gasteiger charge is -2.28. The number of benzene rings is 6. The maximum absolute atomic E-state index is 2.46. The lowest BCUT2D eigenvalue weighted by Crippen LogP contribution is -2.05. The summed E-state index contributed by atoms with van der Waals surface area (Å²) in [5.74, 6) is 0.295. The summed E-state index contributed by atoms with van der Waals surface area (Å²) in [7, 11) is 0. The van der Waals surface area contributed by atoms with Crippen molar-refractivity contribution in [2.75, 3.05) is 0 Å². The molecular formula is C42H32. The lowest BCUT2D eigenvalue weighted by atomic mass is 9.75. The Hall–Kier alpha value is -4.94. The van der Waals surface area contributed by atoms with Crippen molar-refractivity contribution in [1.29, 1.82) is 0 Å². The molecule has 6 aromatic carbocycles. The van der Waals surface area contributed by atoms with Crippen LogP contribution in [0.4, 0.5) is 0 Å². The third kappa shape index (κ3) is 3.98. The van der Waals surface area contributed by atoms with E-state index in [9.17, 15) is 0 Å². The third-order valence-corrected chi connectivity index (χ3v) is 8.98. The van der Waals surface area contributed by atoms with Crippen LogP contribution in [0.25, 0.3) is 60.1 Å². The topological polar surface area (TPSA) is 0 Å². The van der Waals surface area contributed by atoms with E-state index in [4.69, 9.17) is 0 Å². The molecule has 6 aromatic rings. The highest BCUT2D eigenvalue weighted by Gasteiger charge is 2.27. The summed E-state index contributed by atoms with van der Waals surface area (Å²) in [4.78, 5) is 0. The van der Waals surface area contributed by atoms with Crippen LogP contribution in [0, 0.1) is 0 Å². The van der Waals surface area contributed by atoms with Gasteiger partial charge in [-0.3, -0.25) is 0 Å². The molecule has 200 valence electrons. The first-order valence-electron chi connectivity index (χ1n) is 15.1. The largest absolute Gasteiger partial charge is 0.0836 e. The van der Waals surface area contributed by atoms with E-state index in [0.717, 1.165) is 19.3 Å². The highest BCUT2D eigenvalue weighted by Crippen LogP contribution is 2.52. The lowest BCUT2D eigenvalue weighted by molar-refractivity contribution is 0.869. The molecule has 2 aliphatic rings. The van der Waals surface area contributed by atoms with Crippen molar-refractivity contribution in [3.63, 3.8) is 0 Å². The zero-order chi connectivity index (χ0) is 27.9. The van der Waals surface area contributed by atoms with Gasteiger partial charge in [-0.2, -0.15) is 0 Å². The van der Waals surface area contributed by atoms with E-state index < -0.39 is 0 Å². The van der Waals surface area contributed by atoms with Gasteiger partial charge in [-0.1, -0.05) is 152 Å². The molecule has 0 fully saturated rings. The van der Waals surface area contributed by atoms with Crippen LogP contribution < -0.4 is 0 Å². The summed E-state index contributed by atoms with van der Waals surface area (Å²) >= 11 is 0. The van der Waals surface area contributed by atoms with Crippen LogP contribution in [-0.4, -0.2) is 0 Å². The monoisotopic (exact) mass is 536 g/mol. The van der Waals surface area contributed by atoms with Gasteiger partial charge < -0.3 is 0 Å². The van der Waals surface area contributed by atoms with Gasteiger partial charge >= 0.3 is 0 Å². The highest BCUT2D eigenvalue weighted by molar-refractivity contribution is 6.29. The van der Waals surface area contributed by atoms with Crippen molar-refractivity contribution in [2.24, 2.45) is 0 Å². The molecule has 0 heterocycles. The zero-order valence-corrected chi connectivity index (χ0v) is 23.6. The fraction of sp³-hybridized carbons (Fsp3) is 0.0952. The van der Waals surface area contributed by atoms with Crippen LogP contribution in [-0.2, 0) is 0 Å². The summed E-state index contributed by atoms with van der Waals surface area (Å²) in [6.45, 7) is 0. The van der Waals surface area contributed by atoms with Gasteiger partial charge in [-0.05, 0) is 90.5 Å². The number of hydrogen-bond acceptors (Lipinski definition) is 0. The SMILES string of the molecule is C1=CCC(c2c3ccccc3c(-c3ccccc3)c3c(-c4ccccc4)c4ccccc4c(C4=CCCC=C4)c23)C=C1. The zero-order valence-electron chi connectivity index (χ0n) is 23.6. The van der Waals surface area contributed by atoms with Crippen LogP contribution in [0.15, 0.2) is 152 Å². The molecule has 0 aromatic heterocycles. The molecule has 0 saturated carbocycles. The Morgan fingerprint density at radius 3 is 1.62 bits per heavy atom. The maximum Gasteiger partial charge on any atom is 0.00682 e. The fourth-order valence-corrected chi connectivity index (χ4v) is 7.25. The normalized spacial score (nSPS) is 16.4. The molecule has 0 nitrogen and oxygen atoms in total. The molecule has 1 atom stereocenters. The minimum Gasteiger partial charge on any atom is -0.0836 e. The molecule has 0 N–H and O–H groups in total. The van der Waals surface area contributed by atoms with Gasteiger partial charge in [0.2, 0.25) is 0 Å². The summed E-state index contributed by atoms with van der Waals surface area (Å²) in [6, 6.07) is 40.3. The molecule has 0 spiro atoms. The van der Waals surface area contributed by atoms with Crippen molar-refractivity contribution < 1.29 is 0 Å². The van der Waals surface area contributed by atoms with Crippen LogP contribution in [0.2, 0.25) is 0 Å². The van der Waals surface area contributed by atoms with Gasteiger partial charge in [-0.15, -0.1) is 0 Å². The van der Waals surface area contributed by atoms with Crippen molar-refractivity contribution in [2.45, 2.75) is 25.2 Å². The average molecular weight is 537 g/mol. The van der Waals surface area contributed by atoms with Gasteiger partial charge in [0.05, 0.1) is 0 Å². The van der Waals surface area contributed by atoms with Crippen LogP contribution in [0.1, 0.15) is 36.3 Å². The Bertz CT molecular complexity index is 2040. The van der Waals surface area contributed by atoms with E-state index in [1.54, 1.807) is 0 Å². The molecule has 0 bridgehead atoms. The summed E-state index contributed by atoms with van der Waals surface area (Å²) in [5, 5.41) is 8.06. The number of hydrogen-bond donors (Lipinski definition) is 0. The molecule has 0 aliphatic heterocycles. The van der Waals surface area contributed by atoms with Gasteiger partial charge in [0, 0.05) is 5.92 Å².